The lowest BCUT2D eigenvalue weighted by atomic mass is 10.1. The summed E-state index contributed by atoms with van der Waals surface area (Å²) in [5.74, 6) is 0.711. The third-order valence-corrected chi connectivity index (χ3v) is 6.03. The van der Waals surface area contributed by atoms with Crippen molar-refractivity contribution in [3.8, 4) is 11.5 Å². The lowest BCUT2D eigenvalue weighted by Crippen LogP contribution is -2.36. The average Bonchev–Trinajstić information content (AvgIpc) is 3.35. The van der Waals surface area contributed by atoms with Gasteiger partial charge in [-0.05, 0) is 43.2 Å². The highest BCUT2D eigenvalue weighted by Gasteiger charge is 2.30. The predicted molar refractivity (Wildman–Crippen MR) is 120 cm³/mol. The Balaban J connectivity index is 1.43. The molecule has 1 unspecified atom stereocenters. The van der Waals surface area contributed by atoms with Gasteiger partial charge in [0.2, 0.25) is 5.91 Å². The topological polar surface area (TPSA) is 80.8 Å². The van der Waals surface area contributed by atoms with E-state index in [4.69, 9.17) is 9.47 Å². The first kappa shape index (κ1) is 20.9. The number of para-hydroxylation sites is 1. The van der Waals surface area contributed by atoms with Gasteiger partial charge in [-0.1, -0.05) is 18.2 Å². The Morgan fingerprint density at radius 3 is 2.71 bits per heavy atom. The van der Waals surface area contributed by atoms with Crippen LogP contribution < -0.4 is 19.7 Å². The number of benzene rings is 2. The first-order chi connectivity index (χ1) is 15.0. The molecule has 0 saturated heterocycles. The van der Waals surface area contributed by atoms with Crippen molar-refractivity contribution in [3.63, 3.8) is 0 Å². The minimum Gasteiger partial charge on any atom is -0.493 e. The molecule has 0 aliphatic carbocycles. The quantitative estimate of drug-likeness (QED) is 0.632. The van der Waals surface area contributed by atoms with E-state index in [9.17, 15) is 9.59 Å². The lowest BCUT2D eigenvalue weighted by molar-refractivity contribution is -0.118. The van der Waals surface area contributed by atoms with Gasteiger partial charge < -0.3 is 14.4 Å². The number of rotatable bonds is 6. The molecule has 1 aliphatic rings. The number of thiazole rings is 1. The van der Waals surface area contributed by atoms with Gasteiger partial charge >= 0.3 is 0 Å². The van der Waals surface area contributed by atoms with Crippen LogP contribution in [0.1, 0.15) is 28.5 Å². The maximum Gasteiger partial charge on any atom is 0.257 e. The molecule has 3 aromatic rings. The van der Waals surface area contributed by atoms with Crippen molar-refractivity contribution < 1.29 is 19.1 Å². The van der Waals surface area contributed by atoms with Gasteiger partial charge in [0.15, 0.2) is 16.6 Å². The van der Waals surface area contributed by atoms with Crippen molar-refractivity contribution in [1.82, 2.24) is 4.98 Å². The second-order valence-corrected chi connectivity index (χ2v) is 8.15. The molecule has 0 radical (unpaired) electrons. The highest BCUT2D eigenvalue weighted by Crippen LogP contribution is 2.32. The van der Waals surface area contributed by atoms with Gasteiger partial charge in [-0.15, -0.1) is 11.3 Å². The van der Waals surface area contributed by atoms with Crippen molar-refractivity contribution in [1.29, 1.82) is 0 Å². The van der Waals surface area contributed by atoms with Crippen molar-refractivity contribution in [3.05, 3.63) is 64.7 Å². The van der Waals surface area contributed by atoms with E-state index in [0.717, 1.165) is 12.1 Å². The third-order valence-electron chi connectivity index (χ3n) is 5.23. The lowest BCUT2D eigenvalue weighted by Gasteiger charge is -2.22. The zero-order chi connectivity index (χ0) is 22.0. The normalized spacial score (nSPS) is 14.8. The van der Waals surface area contributed by atoms with Gasteiger partial charge in [0.05, 0.1) is 26.3 Å². The molecule has 2 heterocycles. The van der Waals surface area contributed by atoms with Crippen molar-refractivity contribution >= 4 is 34.0 Å². The maximum absolute atomic E-state index is 12.9. The number of carbonyl (C=O) groups is 2. The molecule has 0 fully saturated rings. The second kappa shape index (κ2) is 8.77. The standard InChI is InChI=1S/C23H23N3O4S/c1-14-10-15-6-4-5-7-18(15)26(14)21(27)12-17-13-31-23(24-17)25-22(28)16-8-9-19(29-2)20(11-16)30-3/h4-9,11,13-14H,10,12H2,1-3H3,(H,24,25,28). The average molecular weight is 438 g/mol. The van der Waals surface area contributed by atoms with E-state index in [1.807, 2.05) is 30.0 Å². The van der Waals surface area contributed by atoms with Crippen LogP contribution in [-0.4, -0.2) is 37.1 Å². The van der Waals surface area contributed by atoms with Gasteiger partial charge in [-0.3, -0.25) is 14.9 Å². The smallest absolute Gasteiger partial charge is 0.257 e. The molecule has 4 rings (SSSR count). The summed E-state index contributed by atoms with van der Waals surface area (Å²) in [6, 6.07) is 13.0. The van der Waals surface area contributed by atoms with Crippen LogP contribution >= 0.6 is 11.3 Å². The number of hydrogen-bond acceptors (Lipinski definition) is 6. The summed E-state index contributed by atoms with van der Waals surface area (Å²) in [6.45, 7) is 2.05. The highest BCUT2D eigenvalue weighted by molar-refractivity contribution is 7.14. The van der Waals surface area contributed by atoms with E-state index >= 15 is 0 Å². The van der Waals surface area contributed by atoms with E-state index in [1.165, 1.54) is 31.1 Å². The van der Waals surface area contributed by atoms with Crippen molar-refractivity contribution in [2.45, 2.75) is 25.8 Å². The van der Waals surface area contributed by atoms with Crippen LogP contribution in [0, 0.1) is 0 Å². The van der Waals surface area contributed by atoms with Crippen LogP contribution in [-0.2, 0) is 17.6 Å². The van der Waals surface area contributed by atoms with Gasteiger partial charge in [0.1, 0.15) is 0 Å². The Hall–Kier alpha value is -3.39. The monoisotopic (exact) mass is 437 g/mol. The number of nitrogens with zero attached hydrogens (tertiary/aromatic N) is 2. The van der Waals surface area contributed by atoms with Gasteiger partial charge in [-0.2, -0.15) is 0 Å². The second-order valence-electron chi connectivity index (χ2n) is 7.29. The molecular formula is C23H23N3O4S. The number of ether oxygens (including phenoxy) is 2. The van der Waals surface area contributed by atoms with Crippen molar-refractivity contribution in [2.75, 3.05) is 24.4 Å². The first-order valence-electron chi connectivity index (χ1n) is 9.88. The number of nitrogens with one attached hydrogen (secondary N) is 1. The Morgan fingerprint density at radius 1 is 1.16 bits per heavy atom. The molecule has 8 heteroatoms. The van der Waals surface area contributed by atoms with E-state index in [2.05, 4.69) is 16.4 Å². The van der Waals surface area contributed by atoms with Crippen LogP contribution in [0.3, 0.4) is 0 Å². The Kier molecular flexibility index (Phi) is 5.90. The summed E-state index contributed by atoms with van der Waals surface area (Å²) in [6.07, 6.45) is 1.03. The van der Waals surface area contributed by atoms with Crippen LogP contribution in [0.5, 0.6) is 11.5 Å². The maximum atomic E-state index is 12.9. The molecular weight excluding hydrogens is 414 g/mol. The number of methoxy groups -OCH3 is 2. The fraction of sp³-hybridized carbons (Fsp3) is 0.261. The van der Waals surface area contributed by atoms with Crippen LogP contribution in [0.25, 0.3) is 0 Å². The summed E-state index contributed by atoms with van der Waals surface area (Å²) >= 11 is 1.29. The molecule has 7 nitrogen and oxygen atoms in total. The predicted octanol–water partition coefficient (Wildman–Crippen LogP) is 3.93. The number of aromatic nitrogens is 1. The minimum absolute atomic E-state index is 0.000479. The number of carbonyl (C=O) groups excluding carboxylic acids is 2. The van der Waals surface area contributed by atoms with Crippen LogP contribution in [0.4, 0.5) is 10.8 Å². The molecule has 2 aromatic carbocycles. The summed E-state index contributed by atoms with van der Waals surface area (Å²) in [5, 5.41) is 5.02. The molecule has 1 N–H and O–H groups in total. The summed E-state index contributed by atoms with van der Waals surface area (Å²) in [4.78, 5) is 31.8. The number of anilines is 2. The summed E-state index contributed by atoms with van der Waals surface area (Å²) in [7, 11) is 3.06. The zero-order valence-electron chi connectivity index (χ0n) is 17.5. The van der Waals surface area contributed by atoms with E-state index in [0.29, 0.717) is 27.9 Å². The molecule has 0 spiro atoms. The SMILES string of the molecule is COc1ccc(C(=O)Nc2nc(CC(=O)N3c4ccccc4CC3C)cs2)cc1OC. The largest absolute Gasteiger partial charge is 0.493 e. The Labute approximate surface area is 184 Å². The zero-order valence-corrected chi connectivity index (χ0v) is 18.4. The van der Waals surface area contributed by atoms with Gasteiger partial charge in [0.25, 0.3) is 5.91 Å². The summed E-state index contributed by atoms with van der Waals surface area (Å²) < 4.78 is 10.4. The number of hydrogen-bond donors (Lipinski definition) is 1. The minimum atomic E-state index is -0.310. The molecule has 160 valence electrons. The molecule has 1 atom stereocenters. The van der Waals surface area contributed by atoms with E-state index < -0.39 is 0 Å². The van der Waals surface area contributed by atoms with Crippen LogP contribution in [0.2, 0.25) is 0 Å². The Morgan fingerprint density at radius 2 is 1.94 bits per heavy atom. The molecule has 31 heavy (non-hydrogen) atoms. The molecule has 1 aliphatic heterocycles. The fourth-order valence-corrected chi connectivity index (χ4v) is 4.48. The first-order valence-corrected chi connectivity index (χ1v) is 10.8. The van der Waals surface area contributed by atoms with Crippen LogP contribution in [0.15, 0.2) is 47.8 Å². The number of fused-ring (bicyclic) bond motifs is 1. The highest BCUT2D eigenvalue weighted by atomic mass is 32.1. The fourth-order valence-electron chi connectivity index (χ4n) is 3.78. The summed E-state index contributed by atoms with van der Waals surface area (Å²) in [5.41, 5.74) is 3.21. The van der Waals surface area contributed by atoms with Crippen molar-refractivity contribution in [2.24, 2.45) is 0 Å². The Bertz CT molecular complexity index is 1130. The van der Waals surface area contributed by atoms with E-state index in [-0.39, 0.29) is 24.3 Å². The molecule has 0 bridgehead atoms. The van der Waals surface area contributed by atoms with E-state index in [1.54, 1.807) is 23.6 Å². The molecule has 2 amide bonds. The van der Waals surface area contributed by atoms with Gasteiger partial charge in [-0.25, -0.2) is 4.98 Å². The number of amides is 2. The van der Waals surface area contributed by atoms with Gasteiger partial charge in [0, 0.05) is 22.7 Å². The molecule has 0 saturated carbocycles. The third kappa shape index (κ3) is 4.25. The molecule has 1 aromatic heterocycles.